The number of aromatic nitrogens is 2. The summed E-state index contributed by atoms with van der Waals surface area (Å²) in [5.41, 5.74) is 0.933. The molecule has 3 nitrogen and oxygen atoms in total. The highest BCUT2D eigenvalue weighted by molar-refractivity contribution is 9.10. The SMILES string of the molecule is COc1ccc2n[nH]c(Br)c2c1. The Balaban J connectivity index is 2.71. The van der Waals surface area contributed by atoms with Crippen LogP contribution in [-0.4, -0.2) is 17.3 Å². The summed E-state index contributed by atoms with van der Waals surface area (Å²) in [7, 11) is 1.65. The number of hydrogen-bond donors (Lipinski definition) is 1. The zero-order valence-electron chi connectivity index (χ0n) is 6.47. The van der Waals surface area contributed by atoms with Gasteiger partial charge in [0.15, 0.2) is 0 Å². The fourth-order valence-corrected chi connectivity index (χ4v) is 1.49. The number of ether oxygens (including phenoxy) is 1. The van der Waals surface area contributed by atoms with Crippen molar-refractivity contribution in [2.75, 3.05) is 7.11 Å². The minimum absolute atomic E-state index is 0.838. The van der Waals surface area contributed by atoms with Gasteiger partial charge in [-0.2, -0.15) is 5.10 Å². The van der Waals surface area contributed by atoms with Crippen LogP contribution in [0.2, 0.25) is 0 Å². The van der Waals surface area contributed by atoms with E-state index in [-0.39, 0.29) is 0 Å². The summed E-state index contributed by atoms with van der Waals surface area (Å²) in [5.74, 6) is 0.838. The van der Waals surface area contributed by atoms with E-state index in [1.807, 2.05) is 18.2 Å². The molecule has 4 heteroatoms. The quantitative estimate of drug-likeness (QED) is 0.811. The fourth-order valence-electron chi connectivity index (χ4n) is 1.08. The van der Waals surface area contributed by atoms with Crippen molar-refractivity contribution in [1.82, 2.24) is 10.2 Å². The van der Waals surface area contributed by atoms with Gasteiger partial charge in [0.25, 0.3) is 0 Å². The first-order valence-electron chi connectivity index (χ1n) is 3.49. The molecule has 0 bridgehead atoms. The second-order valence-corrected chi connectivity index (χ2v) is 3.21. The minimum Gasteiger partial charge on any atom is -0.497 e. The lowest BCUT2D eigenvalue weighted by Crippen LogP contribution is -1.80. The van der Waals surface area contributed by atoms with E-state index in [0.29, 0.717) is 0 Å². The van der Waals surface area contributed by atoms with E-state index < -0.39 is 0 Å². The summed E-state index contributed by atoms with van der Waals surface area (Å²) in [5, 5.41) is 7.94. The van der Waals surface area contributed by atoms with Crippen LogP contribution in [0.3, 0.4) is 0 Å². The first-order valence-corrected chi connectivity index (χ1v) is 4.28. The Hall–Kier alpha value is -1.03. The average Bonchev–Trinajstić information content (AvgIpc) is 2.47. The van der Waals surface area contributed by atoms with E-state index in [4.69, 9.17) is 4.74 Å². The van der Waals surface area contributed by atoms with Gasteiger partial charge in [-0.1, -0.05) is 0 Å². The van der Waals surface area contributed by atoms with Crippen LogP contribution in [0.15, 0.2) is 22.8 Å². The molecule has 1 N–H and O–H groups in total. The fraction of sp³-hybridized carbons (Fsp3) is 0.125. The van der Waals surface area contributed by atoms with Gasteiger partial charge in [0, 0.05) is 5.39 Å². The van der Waals surface area contributed by atoms with Gasteiger partial charge in [-0.05, 0) is 34.1 Å². The molecule has 0 aliphatic heterocycles. The normalized spacial score (nSPS) is 10.5. The van der Waals surface area contributed by atoms with Crippen LogP contribution in [-0.2, 0) is 0 Å². The number of benzene rings is 1. The van der Waals surface area contributed by atoms with Crippen molar-refractivity contribution in [3.63, 3.8) is 0 Å². The number of rotatable bonds is 1. The third kappa shape index (κ3) is 1.08. The highest BCUT2D eigenvalue weighted by Gasteiger charge is 2.02. The van der Waals surface area contributed by atoms with Gasteiger partial charge < -0.3 is 4.74 Å². The van der Waals surface area contributed by atoms with Gasteiger partial charge >= 0.3 is 0 Å². The van der Waals surface area contributed by atoms with Crippen molar-refractivity contribution in [3.05, 3.63) is 22.8 Å². The zero-order valence-corrected chi connectivity index (χ0v) is 8.05. The lowest BCUT2D eigenvalue weighted by molar-refractivity contribution is 0.415. The number of halogens is 1. The zero-order chi connectivity index (χ0) is 8.55. The third-order valence-corrected chi connectivity index (χ3v) is 2.32. The van der Waals surface area contributed by atoms with Gasteiger partial charge in [0.2, 0.25) is 0 Å². The highest BCUT2D eigenvalue weighted by Crippen LogP contribution is 2.24. The van der Waals surface area contributed by atoms with Crippen LogP contribution in [0.25, 0.3) is 10.9 Å². The van der Waals surface area contributed by atoms with Crippen molar-refractivity contribution >= 4 is 26.8 Å². The molecule has 1 aromatic heterocycles. The molecule has 0 unspecified atom stereocenters. The van der Waals surface area contributed by atoms with Gasteiger partial charge in [-0.25, -0.2) is 0 Å². The van der Waals surface area contributed by atoms with Crippen LogP contribution in [0.5, 0.6) is 5.75 Å². The van der Waals surface area contributed by atoms with Gasteiger partial charge in [-0.15, -0.1) is 0 Å². The topological polar surface area (TPSA) is 37.9 Å². The predicted molar refractivity (Wildman–Crippen MR) is 50.3 cm³/mol. The van der Waals surface area contributed by atoms with E-state index in [1.165, 1.54) is 0 Å². The summed E-state index contributed by atoms with van der Waals surface area (Å²) in [6.07, 6.45) is 0. The summed E-state index contributed by atoms with van der Waals surface area (Å²) in [4.78, 5) is 0. The Labute approximate surface area is 77.9 Å². The molecule has 2 aromatic rings. The molecule has 1 aromatic carbocycles. The summed E-state index contributed by atoms with van der Waals surface area (Å²) in [6, 6.07) is 5.73. The van der Waals surface area contributed by atoms with Crippen molar-refractivity contribution in [1.29, 1.82) is 0 Å². The maximum atomic E-state index is 5.08. The highest BCUT2D eigenvalue weighted by atomic mass is 79.9. The molecule has 0 atom stereocenters. The molecule has 62 valence electrons. The summed E-state index contributed by atoms with van der Waals surface area (Å²) in [6.45, 7) is 0. The maximum absolute atomic E-state index is 5.08. The molecular weight excluding hydrogens is 220 g/mol. The monoisotopic (exact) mass is 226 g/mol. The van der Waals surface area contributed by atoms with E-state index in [2.05, 4.69) is 26.1 Å². The molecule has 1 heterocycles. The molecule has 2 rings (SSSR count). The average molecular weight is 227 g/mol. The first kappa shape index (κ1) is 7.61. The van der Waals surface area contributed by atoms with Crippen molar-refractivity contribution in [2.24, 2.45) is 0 Å². The molecule has 0 saturated heterocycles. The lowest BCUT2D eigenvalue weighted by Gasteiger charge is -1.97. The minimum atomic E-state index is 0.838. The molecule has 12 heavy (non-hydrogen) atoms. The second-order valence-electron chi connectivity index (χ2n) is 2.42. The molecular formula is C8H7BrN2O. The Morgan fingerprint density at radius 2 is 2.33 bits per heavy atom. The van der Waals surface area contributed by atoms with Crippen LogP contribution in [0.1, 0.15) is 0 Å². The van der Waals surface area contributed by atoms with E-state index >= 15 is 0 Å². The maximum Gasteiger partial charge on any atom is 0.119 e. The van der Waals surface area contributed by atoms with Crippen molar-refractivity contribution in [2.45, 2.75) is 0 Å². The van der Waals surface area contributed by atoms with Gasteiger partial charge in [0.1, 0.15) is 10.4 Å². The smallest absolute Gasteiger partial charge is 0.119 e. The Bertz CT molecular complexity index is 410. The van der Waals surface area contributed by atoms with Crippen LogP contribution in [0, 0.1) is 0 Å². The standard InChI is InChI=1S/C8H7BrN2O/c1-12-5-2-3-7-6(4-5)8(9)11-10-7/h2-4H,1H3,(H,10,11). The number of methoxy groups -OCH3 is 1. The van der Waals surface area contributed by atoms with Crippen LogP contribution in [0.4, 0.5) is 0 Å². The van der Waals surface area contributed by atoms with Gasteiger partial charge in [0.05, 0.1) is 12.6 Å². The van der Waals surface area contributed by atoms with Gasteiger partial charge in [-0.3, -0.25) is 5.10 Å². The first-order chi connectivity index (χ1) is 5.81. The van der Waals surface area contributed by atoms with Crippen LogP contribution < -0.4 is 4.74 Å². The molecule has 0 amide bonds. The Morgan fingerprint density at radius 1 is 1.50 bits per heavy atom. The number of fused-ring (bicyclic) bond motifs is 1. The summed E-state index contributed by atoms with van der Waals surface area (Å²) >= 11 is 3.36. The Kier molecular flexibility index (Phi) is 1.77. The van der Waals surface area contributed by atoms with E-state index in [9.17, 15) is 0 Å². The molecule has 0 radical (unpaired) electrons. The number of nitrogens with zero attached hydrogens (tertiary/aromatic N) is 1. The lowest BCUT2D eigenvalue weighted by atomic mass is 10.2. The number of aromatic amines is 1. The Morgan fingerprint density at radius 3 is 3.08 bits per heavy atom. The third-order valence-electron chi connectivity index (χ3n) is 1.71. The predicted octanol–water partition coefficient (Wildman–Crippen LogP) is 2.33. The second kappa shape index (κ2) is 2.79. The number of H-pyrrole nitrogens is 1. The molecule has 0 spiro atoms. The number of hydrogen-bond acceptors (Lipinski definition) is 2. The number of nitrogens with one attached hydrogen (secondary N) is 1. The molecule has 0 saturated carbocycles. The van der Waals surface area contributed by atoms with Crippen molar-refractivity contribution < 1.29 is 4.74 Å². The summed E-state index contributed by atoms with van der Waals surface area (Å²) < 4.78 is 5.97. The van der Waals surface area contributed by atoms with Crippen molar-refractivity contribution in [3.8, 4) is 5.75 Å². The van der Waals surface area contributed by atoms with E-state index in [0.717, 1.165) is 21.3 Å². The van der Waals surface area contributed by atoms with Crippen LogP contribution >= 0.6 is 15.9 Å². The van der Waals surface area contributed by atoms with E-state index in [1.54, 1.807) is 7.11 Å². The molecule has 0 fully saturated rings. The molecule has 0 aliphatic rings. The largest absolute Gasteiger partial charge is 0.497 e. The molecule has 0 aliphatic carbocycles.